The monoisotopic (exact) mass is 289 g/mol. The van der Waals surface area contributed by atoms with Crippen LogP contribution in [0.3, 0.4) is 0 Å². The fourth-order valence-corrected chi connectivity index (χ4v) is 1.38. The number of aliphatic hydroxyl groups is 1. The molecule has 88 valence electrons. The summed E-state index contributed by atoms with van der Waals surface area (Å²) in [5.41, 5.74) is 0.218. The van der Waals surface area contributed by atoms with Crippen molar-refractivity contribution in [2.45, 2.75) is 26.0 Å². The number of hydrogen-bond acceptors (Lipinski definition) is 5. The van der Waals surface area contributed by atoms with Crippen molar-refractivity contribution >= 4 is 27.3 Å². The molecule has 0 aliphatic heterocycles. The zero-order valence-electron chi connectivity index (χ0n) is 8.85. The number of aromatic nitrogens is 1. The number of nitrogens with one attached hydrogen (secondary N) is 1. The van der Waals surface area contributed by atoms with E-state index in [0.717, 1.165) is 0 Å². The van der Waals surface area contributed by atoms with Crippen molar-refractivity contribution in [3.05, 3.63) is 27.0 Å². The van der Waals surface area contributed by atoms with Gasteiger partial charge in [0.1, 0.15) is 16.5 Å². The van der Waals surface area contributed by atoms with Crippen molar-refractivity contribution in [2.24, 2.45) is 0 Å². The molecule has 2 unspecified atom stereocenters. The van der Waals surface area contributed by atoms with Crippen LogP contribution in [0.2, 0.25) is 0 Å². The Kier molecular flexibility index (Phi) is 4.19. The largest absolute Gasteiger partial charge is 0.391 e. The van der Waals surface area contributed by atoms with Crippen molar-refractivity contribution in [3.8, 4) is 0 Å². The molecule has 1 aromatic rings. The maximum atomic E-state index is 10.7. The van der Waals surface area contributed by atoms with Gasteiger partial charge in [0.15, 0.2) is 0 Å². The topological polar surface area (TPSA) is 88.3 Å². The van der Waals surface area contributed by atoms with E-state index >= 15 is 0 Å². The molecule has 0 radical (unpaired) electrons. The Labute approximate surface area is 101 Å². The van der Waals surface area contributed by atoms with Gasteiger partial charge in [-0.2, -0.15) is 0 Å². The maximum absolute atomic E-state index is 10.7. The second kappa shape index (κ2) is 5.22. The van der Waals surface area contributed by atoms with Gasteiger partial charge < -0.3 is 10.4 Å². The summed E-state index contributed by atoms with van der Waals surface area (Å²) < 4.78 is 0.499. The van der Waals surface area contributed by atoms with Gasteiger partial charge in [0.25, 0.3) is 0 Å². The molecule has 16 heavy (non-hydrogen) atoms. The first-order valence-corrected chi connectivity index (χ1v) is 5.45. The Bertz CT molecular complexity index is 398. The number of nitrogens with zero attached hydrogens (tertiary/aromatic N) is 2. The molecule has 2 atom stereocenters. The van der Waals surface area contributed by atoms with Gasteiger partial charge in [-0.25, -0.2) is 4.98 Å². The molecule has 0 amide bonds. The molecule has 0 aliphatic carbocycles. The molecular formula is C9H12BrN3O3. The third-order valence-corrected chi connectivity index (χ3v) is 2.59. The van der Waals surface area contributed by atoms with Crippen LogP contribution in [0.15, 0.2) is 16.9 Å². The number of anilines is 1. The highest BCUT2D eigenvalue weighted by atomic mass is 79.9. The maximum Gasteiger partial charge on any atom is 0.310 e. The lowest BCUT2D eigenvalue weighted by Gasteiger charge is -2.17. The molecule has 1 aromatic heterocycles. The number of pyridine rings is 1. The lowest BCUT2D eigenvalue weighted by atomic mass is 10.2. The van der Waals surface area contributed by atoms with Crippen LogP contribution in [0.5, 0.6) is 0 Å². The van der Waals surface area contributed by atoms with E-state index < -0.39 is 11.0 Å². The summed E-state index contributed by atoms with van der Waals surface area (Å²) >= 11 is 3.14. The van der Waals surface area contributed by atoms with E-state index in [1.54, 1.807) is 13.8 Å². The van der Waals surface area contributed by atoms with E-state index in [1.165, 1.54) is 12.3 Å². The third-order valence-electron chi connectivity index (χ3n) is 2.15. The smallest absolute Gasteiger partial charge is 0.310 e. The predicted molar refractivity (Wildman–Crippen MR) is 63.4 cm³/mol. The van der Waals surface area contributed by atoms with E-state index in [0.29, 0.717) is 10.3 Å². The number of hydrogen-bond donors (Lipinski definition) is 2. The van der Waals surface area contributed by atoms with Crippen molar-refractivity contribution in [3.63, 3.8) is 0 Å². The molecule has 0 bridgehead atoms. The van der Waals surface area contributed by atoms with Crippen LogP contribution < -0.4 is 5.32 Å². The van der Waals surface area contributed by atoms with Gasteiger partial charge in [0, 0.05) is 12.1 Å². The van der Waals surface area contributed by atoms with Gasteiger partial charge in [-0.15, -0.1) is 0 Å². The highest BCUT2D eigenvalue weighted by Crippen LogP contribution is 2.26. The van der Waals surface area contributed by atoms with Gasteiger partial charge in [-0.1, -0.05) is 0 Å². The van der Waals surface area contributed by atoms with Crippen molar-refractivity contribution < 1.29 is 10.0 Å². The first kappa shape index (κ1) is 12.9. The second-order valence-corrected chi connectivity index (χ2v) is 4.27. The minimum atomic E-state index is -0.605. The van der Waals surface area contributed by atoms with Gasteiger partial charge in [-0.05, 0) is 29.8 Å². The molecule has 1 rings (SSSR count). The fourth-order valence-electron chi connectivity index (χ4n) is 1.05. The summed E-state index contributed by atoms with van der Waals surface area (Å²) in [6.45, 7) is 3.35. The summed E-state index contributed by atoms with van der Waals surface area (Å²) in [6.07, 6.45) is 0.563. The SMILES string of the molecule is CC(O)C(C)Nc1cc(Br)ncc1[N+](=O)[O-]. The Hall–Kier alpha value is -1.21. The van der Waals surface area contributed by atoms with Crippen molar-refractivity contribution in [1.82, 2.24) is 4.98 Å². The molecule has 0 saturated carbocycles. The molecule has 0 spiro atoms. The number of rotatable bonds is 4. The summed E-state index contributed by atoms with van der Waals surface area (Å²) in [4.78, 5) is 14.0. The normalized spacial score (nSPS) is 14.2. The van der Waals surface area contributed by atoms with Crippen molar-refractivity contribution in [1.29, 1.82) is 0 Å². The lowest BCUT2D eigenvalue weighted by molar-refractivity contribution is -0.384. The molecule has 0 aromatic carbocycles. The number of aliphatic hydroxyl groups excluding tert-OH is 1. The molecule has 2 N–H and O–H groups in total. The summed E-state index contributed by atoms with van der Waals surface area (Å²) in [5.74, 6) is 0. The quantitative estimate of drug-likeness (QED) is 0.502. The second-order valence-electron chi connectivity index (χ2n) is 3.45. The molecule has 0 fully saturated rings. The first-order valence-electron chi connectivity index (χ1n) is 4.66. The Balaban J connectivity index is 3.01. The zero-order valence-corrected chi connectivity index (χ0v) is 10.4. The molecule has 6 nitrogen and oxygen atoms in total. The molecule has 7 heteroatoms. The Morgan fingerprint density at radius 2 is 2.25 bits per heavy atom. The van der Waals surface area contributed by atoms with Crippen LogP contribution in [0, 0.1) is 10.1 Å². The van der Waals surface area contributed by atoms with E-state index in [1.807, 2.05) is 0 Å². The van der Waals surface area contributed by atoms with E-state index in [-0.39, 0.29) is 11.7 Å². The predicted octanol–water partition coefficient (Wildman–Crippen LogP) is 1.93. The highest BCUT2D eigenvalue weighted by molar-refractivity contribution is 9.10. The standard InChI is InChI=1S/C9H12BrN3O3/c1-5(6(2)14)12-7-3-9(10)11-4-8(7)13(15)16/h3-6,14H,1-2H3,(H,11,12). The van der Waals surface area contributed by atoms with E-state index in [9.17, 15) is 15.2 Å². The molecule has 1 heterocycles. The van der Waals surface area contributed by atoms with Crippen LogP contribution in [-0.2, 0) is 0 Å². The summed E-state index contributed by atoms with van der Waals surface area (Å²) in [5, 5.41) is 22.9. The van der Waals surface area contributed by atoms with Crippen molar-refractivity contribution in [2.75, 3.05) is 5.32 Å². The van der Waals surface area contributed by atoms with E-state index in [4.69, 9.17) is 0 Å². The Morgan fingerprint density at radius 3 is 2.75 bits per heavy atom. The van der Waals surface area contributed by atoms with E-state index in [2.05, 4.69) is 26.2 Å². The van der Waals surface area contributed by atoms with Crippen LogP contribution in [0.4, 0.5) is 11.4 Å². The summed E-state index contributed by atoms with van der Waals surface area (Å²) in [6, 6.07) is 1.23. The van der Waals surface area contributed by atoms with Crippen LogP contribution in [-0.4, -0.2) is 27.2 Å². The van der Waals surface area contributed by atoms with Gasteiger partial charge in [0.2, 0.25) is 0 Å². The molecule has 0 saturated heterocycles. The average Bonchev–Trinajstić information content (AvgIpc) is 2.16. The lowest BCUT2D eigenvalue weighted by Crippen LogP contribution is -2.28. The third kappa shape index (κ3) is 3.14. The van der Waals surface area contributed by atoms with Crippen LogP contribution >= 0.6 is 15.9 Å². The van der Waals surface area contributed by atoms with Gasteiger partial charge >= 0.3 is 5.69 Å². The minimum Gasteiger partial charge on any atom is -0.391 e. The zero-order chi connectivity index (χ0) is 12.3. The first-order chi connectivity index (χ1) is 7.41. The molecular weight excluding hydrogens is 278 g/mol. The minimum absolute atomic E-state index is 0.115. The van der Waals surface area contributed by atoms with Gasteiger partial charge in [-0.3, -0.25) is 10.1 Å². The highest BCUT2D eigenvalue weighted by Gasteiger charge is 2.18. The van der Waals surface area contributed by atoms with Crippen LogP contribution in [0.1, 0.15) is 13.8 Å². The number of halogens is 1. The Morgan fingerprint density at radius 1 is 1.62 bits per heavy atom. The number of nitro groups is 1. The average molecular weight is 290 g/mol. The summed E-state index contributed by atoms with van der Waals surface area (Å²) in [7, 11) is 0. The fraction of sp³-hybridized carbons (Fsp3) is 0.444. The van der Waals surface area contributed by atoms with Crippen LogP contribution in [0.25, 0.3) is 0 Å². The van der Waals surface area contributed by atoms with Gasteiger partial charge in [0.05, 0.1) is 11.0 Å². The molecule has 0 aliphatic rings.